The summed E-state index contributed by atoms with van der Waals surface area (Å²) in [6.07, 6.45) is 2.99. The van der Waals surface area contributed by atoms with Crippen LogP contribution in [0.1, 0.15) is 75.2 Å². The van der Waals surface area contributed by atoms with Crippen LogP contribution in [0.4, 0.5) is 10.5 Å². The Kier molecular flexibility index (Phi) is 12.3. The highest BCUT2D eigenvalue weighted by atomic mass is 35.6. The average Bonchev–Trinajstić information content (AvgIpc) is 3.28. The summed E-state index contributed by atoms with van der Waals surface area (Å²) in [6.45, 7) is 7.54. The molecule has 1 aliphatic heterocycles. The molecule has 0 saturated carbocycles. The zero-order chi connectivity index (χ0) is 28.5. The van der Waals surface area contributed by atoms with E-state index < -0.39 is 21.5 Å². The zero-order valence-corrected chi connectivity index (χ0v) is 24.5. The van der Waals surface area contributed by atoms with Gasteiger partial charge in [0.05, 0.1) is 30.5 Å². The first kappa shape index (κ1) is 32.3. The second kappa shape index (κ2) is 14.4. The van der Waals surface area contributed by atoms with Crippen LogP contribution in [0.3, 0.4) is 0 Å². The number of esters is 1. The summed E-state index contributed by atoms with van der Waals surface area (Å²) >= 11 is 16.7. The van der Waals surface area contributed by atoms with E-state index >= 15 is 0 Å². The monoisotopic (exact) mass is 594 g/mol. The number of nitrogens with zero attached hydrogens (tertiary/aromatic N) is 1. The van der Waals surface area contributed by atoms with Crippen molar-refractivity contribution in [1.82, 2.24) is 4.90 Å². The van der Waals surface area contributed by atoms with Crippen LogP contribution in [0, 0.1) is 6.92 Å². The van der Waals surface area contributed by atoms with E-state index in [9.17, 15) is 19.5 Å². The Morgan fingerprint density at radius 1 is 1.13 bits per heavy atom. The molecule has 1 heterocycles. The van der Waals surface area contributed by atoms with Gasteiger partial charge in [-0.05, 0) is 71.4 Å². The number of amides is 2. The first-order valence-corrected chi connectivity index (χ1v) is 13.7. The number of aliphatic hydroxyl groups excluding tert-OH is 1. The fourth-order valence-corrected chi connectivity index (χ4v) is 4.11. The summed E-state index contributed by atoms with van der Waals surface area (Å²) < 4.78 is 14.6. The molecule has 38 heavy (non-hydrogen) atoms. The maximum Gasteiger partial charge on any atom is 0.412 e. The number of hydrogen-bond acceptors (Lipinski definition) is 7. The van der Waals surface area contributed by atoms with Gasteiger partial charge in [-0.15, -0.1) is 0 Å². The number of aryl methyl sites for hydroxylation is 1. The molecular weight excluding hydrogens is 559 g/mol. The molecule has 2 amide bonds. The van der Waals surface area contributed by atoms with E-state index in [0.717, 1.165) is 18.4 Å². The van der Waals surface area contributed by atoms with Crippen LogP contribution in [-0.4, -0.2) is 69.8 Å². The van der Waals surface area contributed by atoms with E-state index in [-0.39, 0.29) is 37.3 Å². The molecule has 1 aromatic carbocycles. The number of hydrogen-bond donors (Lipinski definition) is 2. The molecule has 12 heteroatoms. The van der Waals surface area contributed by atoms with Gasteiger partial charge in [0.2, 0.25) is 3.79 Å². The van der Waals surface area contributed by atoms with Gasteiger partial charge < -0.3 is 24.2 Å². The van der Waals surface area contributed by atoms with Crippen LogP contribution in [0.5, 0.6) is 5.75 Å². The van der Waals surface area contributed by atoms with Crippen LogP contribution in [0.25, 0.3) is 0 Å². The van der Waals surface area contributed by atoms with Gasteiger partial charge in [-0.3, -0.25) is 14.9 Å². The average molecular weight is 596 g/mol. The van der Waals surface area contributed by atoms with Crippen molar-refractivity contribution in [2.24, 2.45) is 0 Å². The second-order valence-corrected chi connectivity index (χ2v) is 12.7. The van der Waals surface area contributed by atoms with Crippen molar-refractivity contribution in [3.63, 3.8) is 0 Å². The summed E-state index contributed by atoms with van der Waals surface area (Å²) in [5.74, 6) is -0.202. The summed E-state index contributed by atoms with van der Waals surface area (Å²) in [7, 11) is 0. The molecule has 2 N–H and O–H groups in total. The normalized spacial score (nSPS) is 15.8. The molecule has 1 saturated heterocycles. The van der Waals surface area contributed by atoms with E-state index in [1.54, 1.807) is 37.8 Å². The molecule has 0 bridgehead atoms. The molecule has 0 aromatic heterocycles. The largest absolute Gasteiger partial charge is 0.493 e. The SMILES string of the molecule is Cc1cc(C(=O)N2CCC[C@H]2CO)c(NC(=O)OC(C)(C)C)cc1OCCCCCC(=O)OCC(Cl)(Cl)Cl. The third-order valence-corrected chi connectivity index (χ3v) is 6.04. The van der Waals surface area contributed by atoms with Crippen LogP contribution in [0.15, 0.2) is 12.1 Å². The summed E-state index contributed by atoms with van der Waals surface area (Å²) in [6, 6.07) is 3.04. The Labute approximate surface area is 239 Å². The van der Waals surface area contributed by atoms with Gasteiger partial charge in [-0.2, -0.15) is 0 Å². The molecule has 1 atom stereocenters. The fraction of sp³-hybridized carbons (Fsp3) is 0.654. The number of likely N-dealkylation sites (tertiary alicyclic amines) is 1. The van der Waals surface area contributed by atoms with Crippen LogP contribution >= 0.6 is 34.8 Å². The number of rotatable bonds is 11. The van der Waals surface area contributed by atoms with E-state index in [1.807, 2.05) is 6.92 Å². The van der Waals surface area contributed by atoms with Crippen molar-refractivity contribution >= 4 is 58.5 Å². The van der Waals surface area contributed by atoms with Crippen molar-refractivity contribution in [3.8, 4) is 5.75 Å². The number of aliphatic hydroxyl groups is 1. The standard InChI is InChI=1S/C26H37Cl3N2O7/c1-17-13-19(23(34)31-11-8-9-18(31)15-32)20(30-24(35)38-25(2,3)4)14-21(17)36-12-7-5-6-10-22(33)37-16-26(27,28)29/h13-14,18,32H,5-12,15-16H2,1-4H3,(H,30,35)/t18-/m0/s1. The third kappa shape index (κ3) is 11.0. The zero-order valence-electron chi connectivity index (χ0n) is 22.3. The number of carbonyl (C=O) groups excluding carboxylic acids is 3. The van der Waals surface area contributed by atoms with Gasteiger partial charge in [-0.25, -0.2) is 4.79 Å². The molecule has 9 nitrogen and oxygen atoms in total. The Hall–Kier alpha value is -1.94. The van der Waals surface area contributed by atoms with Gasteiger partial charge in [0, 0.05) is 19.0 Å². The molecule has 0 spiro atoms. The molecule has 1 aliphatic rings. The van der Waals surface area contributed by atoms with Gasteiger partial charge in [0.1, 0.15) is 18.0 Å². The maximum absolute atomic E-state index is 13.4. The van der Waals surface area contributed by atoms with Crippen LogP contribution in [-0.2, 0) is 14.3 Å². The second-order valence-electron chi connectivity index (χ2n) is 10.2. The van der Waals surface area contributed by atoms with E-state index in [2.05, 4.69) is 5.32 Å². The number of ether oxygens (including phenoxy) is 3. The molecule has 2 rings (SSSR count). The van der Waals surface area contributed by atoms with Crippen molar-refractivity contribution in [2.75, 3.05) is 31.7 Å². The molecule has 0 aliphatic carbocycles. The predicted molar refractivity (Wildman–Crippen MR) is 147 cm³/mol. The van der Waals surface area contributed by atoms with Crippen molar-refractivity contribution in [2.45, 2.75) is 81.7 Å². The quantitative estimate of drug-likeness (QED) is 0.189. The Bertz CT molecular complexity index is 977. The summed E-state index contributed by atoms with van der Waals surface area (Å²) in [5, 5.41) is 12.4. The number of alkyl halides is 3. The topological polar surface area (TPSA) is 114 Å². The lowest BCUT2D eigenvalue weighted by atomic mass is 10.1. The molecule has 0 radical (unpaired) electrons. The lowest BCUT2D eigenvalue weighted by Gasteiger charge is -2.25. The molecule has 1 fully saturated rings. The molecular formula is C26H37Cl3N2O7. The number of nitrogens with one attached hydrogen (secondary N) is 1. The first-order valence-electron chi connectivity index (χ1n) is 12.6. The van der Waals surface area contributed by atoms with Crippen LogP contribution in [0.2, 0.25) is 0 Å². The van der Waals surface area contributed by atoms with Gasteiger partial charge >= 0.3 is 12.1 Å². The van der Waals surface area contributed by atoms with Gasteiger partial charge in [0.25, 0.3) is 5.91 Å². The number of anilines is 1. The van der Waals surface area contributed by atoms with Crippen molar-refractivity contribution in [3.05, 3.63) is 23.3 Å². The fourth-order valence-electron chi connectivity index (χ4n) is 3.95. The predicted octanol–water partition coefficient (Wildman–Crippen LogP) is 5.79. The molecule has 1 aromatic rings. The minimum atomic E-state index is -1.63. The number of halogens is 3. The van der Waals surface area contributed by atoms with E-state index in [4.69, 9.17) is 49.0 Å². The minimum absolute atomic E-state index is 0.120. The maximum atomic E-state index is 13.4. The highest BCUT2D eigenvalue weighted by molar-refractivity contribution is 6.67. The Morgan fingerprint density at radius 3 is 2.47 bits per heavy atom. The van der Waals surface area contributed by atoms with E-state index in [0.29, 0.717) is 43.7 Å². The summed E-state index contributed by atoms with van der Waals surface area (Å²) in [5.41, 5.74) is 0.570. The first-order chi connectivity index (χ1) is 17.7. The van der Waals surface area contributed by atoms with E-state index in [1.165, 1.54) is 0 Å². The van der Waals surface area contributed by atoms with Crippen molar-refractivity contribution < 1.29 is 33.7 Å². The van der Waals surface area contributed by atoms with Crippen molar-refractivity contribution in [1.29, 1.82) is 0 Å². The molecule has 0 unspecified atom stereocenters. The van der Waals surface area contributed by atoms with Gasteiger partial charge in [0.15, 0.2) is 0 Å². The molecule has 214 valence electrons. The highest BCUT2D eigenvalue weighted by Crippen LogP contribution is 2.31. The number of benzene rings is 1. The number of unbranched alkanes of at least 4 members (excludes halogenated alkanes) is 2. The van der Waals surface area contributed by atoms with Crippen LogP contribution < -0.4 is 10.1 Å². The lowest BCUT2D eigenvalue weighted by Crippen LogP contribution is -2.38. The third-order valence-electron chi connectivity index (χ3n) is 5.71. The highest BCUT2D eigenvalue weighted by Gasteiger charge is 2.31. The minimum Gasteiger partial charge on any atom is -0.493 e. The van der Waals surface area contributed by atoms with Gasteiger partial charge in [-0.1, -0.05) is 34.8 Å². The lowest BCUT2D eigenvalue weighted by molar-refractivity contribution is -0.143. The summed E-state index contributed by atoms with van der Waals surface area (Å²) in [4.78, 5) is 39.2. The Morgan fingerprint density at radius 2 is 1.84 bits per heavy atom. The number of carbonyl (C=O) groups is 3. The Balaban J connectivity index is 2.04. The smallest absolute Gasteiger partial charge is 0.412 e.